The summed E-state index contributed by atoms with van der Waals surface area (Å²) in [5, 5.41) is 10.4. The Kier molecular flexibility index (Phi) is 12.8. The van der Waals surface area contributed by atoms with Crippen molar-refractivity contribution in [2.75, 3.05) is 39.9 Å². The van der Waals surface area contributed by atoms with Crippen molar-refractivity contribution in [1.82, 2.24) is 30.3 Å². The van der Waals surface area contributed by atoms with Crippen LogP contribution in [0.4, 0.5) is 13.2 Å². The van der Waals surface area contributed by atoms with E-state index in [9.17, 15) is 18.0 Å². The molecule has 4 aromatic rings. The molecule has 1 aliphatic carbocycles. The molecule has 10 nitrogen and oxygen atoms in total. The molecule has 2 N–H and O–H groups in total. The van der Waals surface area contributed by atoms with E-state index in [0.717, 1.165) is 73.1 Å². The number of hydrogen-bond donors (Lipinski definition) is 2. The van der Waals surface area contributed by atoms with E-state index in [-0.39, 0.29) is 24.3 Å². The molecule has 0 radical (unpaired) electrons. The summed E-state index contributed by atoms with van der Waals surface area (Å²) in [6.45, 7) is 8.15. The summed E-state index contributed by atoms with van der Waals surface area (Å²) < 4.78 is 49.8. The summed E-state index contributed by atoms with van der Waals surface area (Å²) in [5.41, 5.74) is 5.29. The summed E-state index contributed by atoms with van der Waals surface area (Å²) in [7, 11) is 2.07. The van der Waals surface area contributed by atoms with Gasteiger partial charge in [0.15, 0.2) is 0 Å². The van der Waals surface area contributed by atoms with Gasteiger partial charge < -0.3 is 19.7 Å². The fourth-order valence-corrected chi connectivity index (χ4v) is 6.52. The van der Waals surface area contributed by atoms with Crippen LogP contribution in [0.25, 0.3) is 16.5 Å². The van der Waals surface area contributed by atoms with Gasteiger partial charge in [-0.15, -0.1) is 0 Å². The third-order valence-electron chi connectivity index (χ3n) is 9.49. The molecule has 0 spiro atoms. The first-order chi connectivity index (χ1) is 26.1. The van der Waals surface area contributed by atoms with Crippen LogP contribution in [0.15, 0.2) is 83.5 Å². The highest BCUT2D eigenvalue weighted by molar-refractivity contribution is 6.30. The van der Waals surface area contributed by atoms with Gasteiger partial charge in [-0.05, 0) is 80.3 Å². The van der Waals surface area contributed by atoms with Crippen molar-refractivity contribution in [3.63, 3.8) is 0 Å². The van der Waals surface area contributed by atoms with Gasteiger partial charge in [0.25, 0.3) is 6.43 Å². The summed E-state index contributed by atoms with van der Waals surface area (Å²) in [5.74, 6) is 1.10. The third-order valence-corrected chi connectivity index (χ3v) is 9.72. The number of amidine groups is 1. The number of benzene rings is 2. The van der Waals surface area contributed by atoms with Crippen LogP contribution in [0.5, 0.6) is 5.88 Å². The average molecular weight is 762 g/mol. The Labute approximate surface area is 317 Å². The topological polar surface area (TPSA) is 108 Å². The molecule has 2 aromatic carbocycles. The van der Waals surface area contributed by atoms with Crippen LogP contribution < -0.4 is 10.1 Å². The molecule has 8 rings (SSSR count). The number of H-pyrrole nitrogens is 1. The zero-order valence-corrected chi connectivity index (χ0v) is 31.1. The first-order valence-electron chi connectivity index (χ1n) is 17.8. The molecule has 4 aliphatic rings. The van der Waals surface area contributed by atoms with Crippen LogP contribution in [0.3, 0.4) is 0 Å². The van der Waals surface area contributed by atoms with E-state index in [4.69, 9.17) is 26.1 Å². The van der Waals surface area contributed by atoms with Gasteiger partial charge >= 0.3 is 0 Å². The fourth-order valence-electron chi connectivity index (χ4n) is 6.36. The number of pyridine rings is 1. The molecule has 1 saturated heterocycles. The van der Waals surface area contributed by atoms with Crippen molar-refractivity contribution < 1.29 is 27.4 Å². The number of carbonyl (C=O) groups is 1. The fraction of sp³-hybridized carbons (Fsp3) is 0.350. The summed E-state index contributed by atoms with van der Waals surface area (Å²) in [6, 6.07) is 13.7. The van der Waals surface area contributed by atoms with Crippen molar-refractivity contribution in [2.45, 2.75) is 51.8 Å². The maximum atomic E-state index is 14.0. The monoisotopic (exact) mass is 761 g/mol. The number of fused-ring (bicyclic) bond motifs is 2. The molecule has 1 amide bonds. The lowest BCUT2D eigenvalue weighted by Crippen LogP contribution is -2.42. The SMILES string of the molecule is C1COC1.CN1C(CN2CC=C(c3cccc(OCc4ccc(Cl)cc4F)n3)CC2)=NC2C=C(NC=O)C=CC21.Cc1cc(C(F)F)c2n[nH]c(C)c2c1. The minimum Gasteiger partial charge on any atom is -0.473 e. The second kappa shape index (κ2) is 17.9. The van der Waals surface area contributed by atoms with Crippen LogP contribution in [0.1, 0.15) is 47.3 Å². The minimum atomic E-state index is -2.47. The standard InChI is InChI=1S/C27H27ClFN5O2.C10H10F2N2.C3H6O/c1-33-25-8-7-21(30-17-35)14-24(25)31-26(33)15-34-11-9-18(10-12-34)23-3-2-4-27(32-23)36-16-19-5-6-20(28)13-22(19)29;1-5-3-7-6(2)13-14-9(7)8(4-5)10(11)12;1-2-4-3-1/h2-9,13-14,17,24-25H,10-12,15-16H2,1H3,(H,30,35);3-4,10H,1-2H3,(H,13,14);1-3H2. The number of rotatable bonds is 9. The van der Waals surface area contributed by atoms with Crippen LogP contribution in [0.2, 0.25) is 5.02 Å². The lowest BCUT2D eigenvalue weighted by atomic mass is 10.0. The molecule has 54 heavy (non-hydrogen) atoms. The van der Waals surface area contributed by atoms with Crippen molar-refractivity contribution in [2.24, 2.45) is 4.99 Å². The van der Waals surface area contributed by atoms with E-state index < -0.39 is 12.2 Å². The molecule has 0 saturated carbocycles. The maximum absolute atomic E-state index is 14.0. The summed E-state index contributed by atoms with van der Waals surface area (Å²) >= 11 is 5.82. The number of aromatic amines is 1. The molecule has 2 aromatic heterocycles. The van der Waals surface area contributed by atoms with Crippen molar-refractivity contribution in [3.8, 4) is 5.88 Å². The van der Waals surface area contributed by atoms with Gasteiger partial charge in [0.05, 0.1) is 24.3 Å². The van der Waals surface area contributed by atoms with Gasteiger partial charge in [-0.25, -0.2) is 18.2 Å². The Balaban J connectivity index is 0.000000226. The third kappa shape index (κ3) is 9.57. The van der Waals surface area contributed by atoms with Gasteiger partial charge in [-0.2, -0.15) is 5.10 Å². The van der Waals surface area contributed by atoms with E-state index in [1.54, 1.807) is 25.1 Å². The number of allylic oxidation sites excluding steroid dienone is 1. The number of aryl methyl sites for hydroxylation is 2. The molecule has 0 bridgehead atoms. The molecule has 284 valence electrons. The van der Waals surface area contributed by atoms with Crippen LogP contribution in [-0.2, 0) is 16.1 Å². The molecule has 2 unspecified atom stereocenters. The molecule has 3 aliphatic heterocycles. The Morgan fingerprint density at radius 3 is 2.65 bits per heavy atom. The molecule has 5 heterocycles. The maximum Gasteiger partial charge on any atom is 0.266 e. The van der Waals surface area contributed by atoms with Gasteiger partial charge in [0.1, 0.15) is 23.8 Å². The predicted molar refractivity (Wildman–Crippen MR) is 204 cm³/mol. The number of aliphatic imine (C=N–C) groups is 1. The Bertz CT molecular complexity index is 2070. The molecular weight excluding hydrogens is 719 g/mol. The minimum absolute atomic E-state index is 0.00403. The normalized spacial score (nSPS) is 19.0. The quantitative estimate of drug-likeness (QED) is 0.172. The lowest BCUT2D eigenvalue weighted by Gasteiger charge is -2.30. The number of halogens is 4. The Morgan fingerprint density at radius 1 is 1.17 bits per heavy atom. The predicted octanol–water partition coefficient (Wildman–Crippen LogP) is 7.35. The van der Waals surface area contributed by atoms with Crippen molar-refractivity contribution in [3.05, 3.63) is 117 Å². The van der Waals surface area contributed by atoms with Crippen LogP contribution in [0, 0.1) is 19.7 Å². The van der Waals surface area contributed by atoms with Crippen molar-refractivity contribution >= 4 is 40.3 Å². The smallest absolute Gasteiger partial charge is 0.266 e. The van der Waals surface area contributed by atoms with Crippen LogP contribution >= 0.6 is 11.6 Å². The van der Waals surface area contributed by atoms with E-state index in [0.29, 0.717) is 28.4 Å². The van der Waals surface area contributed by atoms with Gasteiger partial charge in [0.2, 0.25) is 12.3 Å². The number of nitrogens with one attached hydrogen (secondary N) is 2. The lowest BCUT2D eigenvalue weighted by molar-refractivity contribution is -0.108. The van der Waals surface area contributed by atoms with Gasteiger partial charge in [0, 0.05) is 72.3 Å². The zero-order valence-electron chi connectivity index (χ0n) is 30.4. The molecule has 2 atom stereocenters. The number of ether oxygens (including phenoxy) is 2. The number of alkyl halides is 2. The highest BCUT2D eigenvalue weighted by Crippen LogP contribution is 2.30. The molecule has 14 heteroatoms. The van der Waals surface area contributed by atoms with Gasteiger partial charge in [-0.1, -0.05) is 35.9 Å². The Hall–Kier alpha value is -4.98. The number of hydrogen-bond acceptors (Lipinski definition) is 8. The highest BCUT2D eigenvalue weighted by Gasteiger charge is 2.33. The number of nitrogens with zero attached hydrogens (tertiary/aromatic N) is 5. The number of aromatic nitrogens is 3. The van der Waals surface area contributed by atoms with E-state index in [1.807, 2.05) is 37.3 Å². The van der Waals surface area contributed by atoms with E-state index in [1.165, 1.54) is 24.1 Å². The van der Waals surface area contributed by atoms with Crippen molar-refractivity contribution in [1.29, 1.82) is 0 Å². The first-order valence-corrected chi connectivity index (χ1v) is 18.1. The summed E-state index contributed by atoms with van der Waals surface area (Å²) in [6.07, 6.45) is 8.56. The second-order valence-electron chi connectivity index (χ2n) is 13.3. The molecule has 1 fully saturated rings. The first kappa shape index (κ1) is 38.7. The highest BCUT2D eigenvalue weighted by atomic mass is 35.5. The molecular formula is C40H43ClF3N7O3. The van der Waals surface area contributed by atoms with E-state index in [2.05, 4.69) is 49.5 Å². The van der Waals surface area contributed by atoms with Gasteiger partial charge in [-0.3, -0.25) is 19.8 Å². The Morgan fingerprint density at radius 2 is 1.96 bits per heavy atom. The average Bonchev–Trinajstić information content (AvgIpc) is 3.65. The number of amides is 1. The zero-order chi connectivity index (χ0) is 38.2. The number of likely N-dealkylation sites (N-methyl/N-ethyl adjacent to an activating group) is 1. The summed E-state index contributed by atoms with van der Waals surface area (Å²) in [4.78, 5) is 24.8. The second-order valence-corrected chi connectivity index (χ2v) is 13.8. The largest absolute Gasteiger partial charge is 0.473 e. The van der Waals surface area contributed by atoms with Crippen LogP contribution in [-0.4, -0.2) is 89.2 Å². The van der Waals surface area contributed by atoms with E-state index >= 15 is 0 Å². The number of carbonyl (C=O) groups excluding carboxylic acids is 1.